The van der Waals surface area contributed by atoms with E-state index in [9.17, 15) is 4.79 Å². The number of amides is 1. The molecule has 1 unspecified atom stereocenters. The zero-order valence-corrected chi connectivity index (χ0v) is 11.0. The zero-order chi connectivity index (χ0) is 13.7. The van der Waals surface area contributed by atoms with Crippen molar-refractivity contribution in [2.45, 2.75) is 19.4 Å². The Kier molecular flexibility index (Phi) is 4.18. The molecule has 0 saturated carbocycles. The van der Waals surface area contributed by atoms with Gasteiger partial charge in [0.25, 0.3) is 0 Å². The number of anilines is 1. The van der Waals surface area contributed by atoms with Crippen molar-refractivity contribution in [2.24, 2.45) is 0 Å². The Morgan fingerprint density at radius 3 is 2.42 bits per heavy atom. The van der Waals surface area contributed by atoms with Gasteiger partial charge in [-0.25, -0.2) is 0 Å². The molecule has 0 heterocycles. The van der Waals surface area contributed by atoms with Gasteiger partial charge in [-0.15, -0.1) is 0 Å². The number of hydrogen-bond donors (Lipinski definition) is 2. The van der Waals surface area contributed by atoms with Crippen molar-refractivity contribution in [3.63, 3.8) is 0 Å². The second kappa shape index (κ2) is 6.05. The van der Waals surface area contributed by atoms with Crippen molar-refractivity contribution < 1.29 is 4.79 Å². The second-order valence-corrected chi connectivity index (χ2v) is 4.58. The Morgan fingerprint density at radius 1 is 1.11 bits per heavy atom. The molecule has 0 spiro atoms. The van der Waals surface area contributed by atoms with Crippen LogP contribution in [0.4, 0.5) is 5.69 Å². The third-order valence-corrected chi connectivity index (χ3v) is 3.05. The molecule has 1 atom stereocenters. The summed E-state index contributed by atoms with van der Waals surface area (Å²) < 4.78 is 0. The third-order valence-electron chi connectivity index (χ3n) is 3.05. The van der Waals surface area contributed by atoms with Crippen LogP contribution in [-0.2, 0) is 11.2 Å². The van der Waals surface area contributed by atoms with Crippen LogP contribution < -0.4 is 11.1 Å². The highest BCUT2D eigenvalue weighted by Crippen LogP contribution is 2.19. The third kappa shape index (κ3) is 3.58. The highest BCUT2D eigenvalue weighted by Gasteiger charge is 2.11. The Bertz CT molecular complexity index is 552. The summed E-state index contributed by atoms with van der Waals surface area (Å²) in [5, 5.41) is 2.97. The van der Waals surface area contributed by atoms with Gasteiger partial charge in [-0.3, -0.25) is 4.79 Å². The number of para-hydroxylation sites is 1. The molecule has 0 bridgehead atoms. The number of carbonyl (C=O) groups is 1. The van der Waals surface area contributed by atoms with Gasteiger partial charge in [0.1, 0.15) is 0 Å². The van der Waals surface area contributed by atoms with E-state index in [1.807, 2.05) is 61.5 Å². The maximum Gasteiger partial charge on any atom is 0.224 e. The number of hydrogen-bond acceptors (Lipinski definition) is 2. The zero-order valence-electron chi connectivity index (χ0n) is 11.0. The second-order valence-electron chi connectivity index (χ2n) is 4.58. The SMILES string of the molecule is CC(NC(=O)Cc1ccccc1)c1ccccc1N. The summed E-state index contributed by atoms with van der Waals surface area (Å²) in [5.41, 5.74) is 8.56. The molecular weight excluding hydrogens is 236 g/mol. The molecule has 3 nitrogen and oxygen atoms in total. The van der Waals surface area contributed by atoms with Crippen LogP contribution in [0.15, 0.2) is 54.6 Å². The molecule has 3 N–H and O–H groups in total. The molecule has 1 amide bonds. The number of nitrogens with one attached hydrogen (secondary N) is 1. The first kappa shape index (κ1) is 13.1. The number of nitrogens with two attached hydrogens (primary N) is 1. The van der Waals surface area contributed by atoms with Crippen LogP contribution in [0.2, 0.25) is 0 Å². The number of nitrogen functional groups attached to an aromatic ring is 1. The molecule has 2 aromatic rings. The molecule has 0 aliphatic heterocycles. The van der Waals surface area contributed by atoms with Crippen molar-refractivity contribution >= 4 is 11.6 Å². The smallest absolute Gasteiger partial charge is 0.224 e. The molecule has 2 rings (SSSR count). The summed E-state index contributed by atoms with van der Waals surface area (Å²) >= 11 is 0. The summed E-state index contributed by atoms with van der Waals surface area (Å²) in [4.78, 5) is 12.0. The van der Waals surface area contributed by atoms with E-state index >= 15 is 0 Å². The van der Waals surface area contributed by atoms with E-state index in [0.29, 0.717) is 12.1 Å². The molecule has 0 aromatic heterocycles. The van der Waals surface area contributed by atoms with E-state index in [1.54, 1.807) is 0 Å². The monoisotopic (exact) mass is 254 g/mol. The van der Waals surface area contributed by atoms with Gasteiger partial charge in [-0.1, -0.05) is 48.5 Å². The molecular formula is C16H18N2O. The predicted octanol–water partition coefficient (Wildman–Crippen LogP) is 2.69. The van der Waals surface area contributed by atoms with E-state index in [1.165, 1.54) is 0 Å². The summed E-state index contributed by atoms with van der Waals surface area (Å²) in [6, 6.07) is 17.2. The van der Waals surface area contributed by atoms with Crippen LogP contribution >= 0.6 is 0 Å². The van der Waals surface area contributed by atoms with Crippen LogP contribution in [0.5, 0.6) is 0 Å². The lowest BCUT2D eigenvalue weighted by atomic mass is 10.1. The van der Waals surface area contributed by atoms with E-state index in [2.05, 4.69) is 5.32 Å². The van der Waals surface area contributed by atoms with E-state index < -0.39 is 0 Å². The first-order valence-electron chi connectivity index (χ1n) is 6.34. The number of benzene rings is 2. The molecule has 3 heteroatoms. The fourth-order valence-corrected chi connectivity index (χ4v) is 2.06. The van der Waals surface area contributed by atoms with Gasteiger partial charge in [-0.05, 0) is 24.1 Å². The van der Waals surface area contributed by atoms with Crippen molar-refractivity contribution in [3.05, 3.63) is 65.7 Å². The van der Waals surface area contributed by atoms with Crippen molar-refractivity contribution in [1.82, 2.24) is 5.32 Å². The molecule has 0 fully saturated rings. The van der Waals surface area contributed by atoms with Crippen LogP contribution in [0.1, 0.15) is 24.1 Å². The highest BCUT2D eigenvalue weighted by molar-refractivity contribution is 5.79. The van der Waals surface area contributed by atoms with E-state index in [4.69, 9.17) is 5.73 Å². The van der Waals surface area contributed by atoms with Crippen molar-refractivity contribution in [1.29, 1.82) is 0 Å². The van der Waals surface area contributed by atoms with Gasteiger partial charge in [0.05, 0.1) is 12.5 Å². The molecule has 98 valence electrons. The van der Waals surface area contributed by atoms with Crippen LogP contribution in [0, 0.1) is 0 Å². The standard InChI is InChI=1S/C16H18N2O/c1-12(14-9-5-6-10-15(14)17)18-16(19)11-13-7-3-2-4-8-13/h2-10,12H,11,17H2,1H3,(H,18,19). The quantitative estimate of drug-likeness (QED) is 0.824. The lowest BCUT2D eigenvalue weighted by Crippen LogP contribution is -2.28. The summed E-state index contributed by atoms with van der Waals surface area (Å²) in [6.07, 6.45) is 0.387. The molecule has 2 aromatic carbocycles. The molecule has 0 aliphatic carbocycles. The molecule has 0 radical (unpaired) electrons. The van der Waals surface area contributed by atoms with Gasteiger partial charge < -0.3 is 11.1 Å². The minimum absolute atomic E-state index is 0.00181. The Labute approximate surface area is 113 Å². The van der Waals surface area contributed by atoms with Gasteiger partial charge in [0.2, 0.25) is 5.91 Å². The first-order valence-corrected chi connectivity index (χ1v) is 6.34. The average Bonchev–Trinajstić information content (AvgIpc) is 2.40. The molecule has 0 saturated heterocycles. The van der Waals surface area contributed by atoms with Gasteiger partial charge in [-0.2, -0.15) is 0 Å². The van der Waals surface area contributed by atoms with Crippen molar-refractivity contribution in [3.8, 4) is 0 Å². The lowest BCUT2D eigenvalue weighted by molar-refractivity contribution is -0.121. The highest BCUT2D eigenvalue weighted by atomic mass is 16.1. The maximum atomic E-state index is 12.0. The number of carbonyl (C=O) groups excluding carboxylic acids is 1. The van der Waals surface area contributed by atoms with Gasteiger partial charge in [0.15, 0.2) is 0 Å². The molecule has 19 heavy (non-hydrogen) atoms. The maximum absolute atomic E-state index is 12.0. The van der Waals surface area contributed by atoms with Gasteiger partial charge >= 0.3 is 0 Å². The first-order chi connectivity index (χ1) is 9.16. The lowest BCUT2D eigenvalue weighted by Gasteiger charge is -2.16. The topological polar surface area (TPSA) is 55.1 Å². The fraction of sp³-hybridized carbons (Fsp3) is 0.188. The Morgan fingerprint density at radius 2 is 1.74 bits per heavy atom. The van der Waals surface area contributed by atoms with Crippen LogP contribution in [0.25, 0.3) is 0 Å². The summed E-state index contributed by atoms with van der Waals surface area (Å²) in [7, 11) is 0. The summed E-state index contributed by atoms with van der Waals surface area (Å²) in [6.45, 7) is 1.94. The molecule has 0 aliphatic rings. The van der Waals surface area contributed by atoms with Crippen molar-refractivity contribution in [2.75, 3.05) is 5.73 Å². The fourth-order valence-electron chi connectivity index (χ4n) is 2.06. The minimum atomic E-state index is -0.0857. The van der Waals surface area contributed by atoms with E-state index in [-0.39, 0.29) is 11.9 Å². The Hall–Kier alpha value is -2.29. The van der Waals surface area contributed by atoms with E-state index in [0.717, 1.165) is 11.1 Å². The predicted molar refractivity (Wildman–Crippen MR) is 77.6 cm³/mol. The average molecular weight is 254 g/mol. The number of rotatable bonds is 4. The van der Waals surface area contributed by atoms with Gasteiger partial charge in [0, 0.05) is 5.69 Å². The van der Waals surface area contributed by atoms with Crippen LogP contribution in [-0.4, -0.2) is 5.91 Å². The normalized spacial score (nSPS) is 11.8. The Balaban J connectivity index is 1.98. The van der Waals surface area contributed by atoms with Crippen LogP contribution in [0.3, 0.4) is 0 Å². The largest absolute Gasteiger partial charge is 0.398 e. The minimum Gasteiger partial charge on any atom is -0.398 e. The summed E-state index contributed by atoms with van der Waals surface area (Å²) in [5.74, 6) is 0.00181.